The molecule has 9 heavy (non-hydrogen) atoms. The number of hydrogen-bond donors (Lipinski definition) is 0. The number of rotatable bonds is 2. The molecule has 0 atom stereocenters. The van der Waals surface area contributed by atoms with E-state index in [1.54, 1.807) is 0 Å². The monoisotopic (exact) mass is 157 g/mol. The summed E-state index contributed by atoms with van der Waals surface area (Å²) in [6.45, 7) is 6.74. The maximum atomic E-state index is 3.70. The molecule has 1 nitrogen and oxygen atoms in total. The van der Waals surface area contributed by atoms with Crippen LogP contribution in [0.4, 0.5) is 0 Å². The van der Waals surface area contributed by atoms with Gasteiger partial charge in [-0.25, -0.2) is 0 Å². The summed E-state index contributed by atoms with van der Waals surface area (Å²) in [7, 11) is 7.59. The van der Waals surface area contributed by atoms with Crippen molar-refractivity contribution in [3.8, 4) is 0 Å². The van der Waals surface area contributed by atoms with Crippen LogP contribution in [0, 0.1) is 0 Å². The van der Waals surface area contributed by atoms with Crippen molar-refractivity contribution < 1.29 is 0 Å². The van der Waals surface area contributed by atoms with Crippen molar-refractivity contribution in [2.75, 3.05) is 14.1 Å². The predicted octanol–water partition coefficient (Wildman–Crippen LogP) is 1.08. The van der Waals surface area contributed by atoms with Crippen LogP contribution in [0.2, 0.25) is 11.2 Å². The van der Waals surface area contributed by atoms with Gasteiger partial charge in [-0.05, 0) is 18.8 Å². The van der Waals surface area contributed by atoms with Crippen molar-refractivity contribution in [3.63, 3.8) is 0 Å². The third-order valence-electron chi connectivity index (χ3n) is 1.58. The fraction of sp³-hybridized carbons (Fsp3) is 1.00. The van der Waals surface area contributed by atoms with Crippen LogP contribution in [-0.2, 0) is 0 Å². The maximum absolute atomic E-state index is 3.70. The van der Waals surface area contributed by atoms with Crippen molar-refractivity contribution in [1.82, 2.24) is 4.57 Å². The van der Waals surface area contributed by atoms with E-state index in [0.29, 0.717) is 4.66 Å². The molecule has 52 valence electrons. The molecule has 0 aliphatic heterocycles. The van der Waals surface area contributed by atoms with Crippen LogP contribution < -0.4 is 0 Å². The zero-order chi connectivity index (χ0) is 7.65. The fourth-order valence-corrected chi connectivity index (χ4v) is 2.35. The lowest BCUT2D eigenvalue weighted by molar-refractivity contribution is 0.615. The summed E-state index contributed by atoms with van der Waals surface area (Å²) in [6, 6.07) is 0. The first-order valence-electron chi connectivity index (χ1n) is 3.12. The van der Waals surface area contributed by atoms with Crippen LogP contribution in [0.3, 0.4) is 0 Å². The number of nitrogens with zero attached hydrogens (tertiary/aromatic N) is 1. The second-order valence-corrected chi connectivity index (χ2v) is 8.17. The predicted molar refractivity (Wildman–Crippen MR) is 45.1 cm³/mol. The Morgan fingerprint density at radius 2 is 1.67 bits per heavy atom. The molecule has 3 heteroatoms. The average molecular weight is 157 g/mol. The molecule has 0 aliphatic rings. The van der Waals surface area contributed by atoms with Crippen molar-refractivity contribution in [2.45, 2.75) is 25.1 Å². The fourth-order valence-electron chi connectivity index (χ4n) is 0.559. The normalized spacial score (nSPS) is 13.3. The van der Waals surface area contributed by atoms with Crippen LogP contribution >= 0.6 is 0 Å². The standard InChI is InChI=1S/C6H15NSi2/c1-6(2,8)9(5)7(3)4/h1-5H3. The molecular formula is C6H15NSi2. The summed E-state index contributed by atoms with van der Waals surface area (Å²) in [6.07, 6.45) is 0. The van der Waals surface area contributed by atoms with E-state index in [9.17, 15) is 0 Å². The highest BCUT2D eigenvalue weighted by atomic mass is 28.3. The molecule has 0 spiro atoms. The lowest BCUT2D eigenvalue weighted by atomic mass is 10.5. The van der Waals surface area contributed by atoms with Crippen LogP contribution in [0.15, 0.2) is 0 Å². The van der Waals surface area contributed by atoms with Gasteiger partial charge in [0.05, 0.1) is 0 Å². The summed E-state index contributed by atoms with van der Waals surface area (Å²) in [5.41, 5.74) is 0. The Kier molecular flexibility index (Phi) is 3.12. The smallest absolute Gasteiger partial charge is 0.135 e. The van der Waals surface area contributed by atoms with Crippen molar-refractivity contribution in [1.29, 1.82) is 0 Å². The highest BCUT2D eigenvalue weighted by molar-refractivity contribution is 6.66. The second kappa shape index (κ2) is 2.99. The van der Waals surface area contributed by atoms with E-state index >= 15 is 0 Å². The van der Waals surface area contributed by atoms with Gasteiger partial charge < -0.3 is 4.57 Å². The van der Waals surface area contributed by atoms with Gasteiger partial charge >= 0.3 is 0 Å². The summed E-state index contributed by atoms with van der Waals surface area (Å²) < 4.78 is 2.62. The minimum absolute atomic E-state index is 0.314. The molecule has 0 amide bonds. The van der Waals surface area contributed by atoms with Crippen LogP contribution in [0.5, 0.6) is 0 Å². The van der Waals surface area contributed by atoms with Gasteiger partial charge in [0, 0.05) is 10.2 Å². The minimum atomic E-state index is -0.375. The molecule has 0 saturated carbocycles. The van der Waals surface area contributed by atoms with E-state index in [-0.39, 0.29) is 8.96 Å². The third kappa shape index (κ3) is 3.18. The van der Waals surface area contributed by atoms with E-state index in [0.717, 1.165) is 0 Å². The molecule has 0 heterocycles. The topological polar surface area (TPSA) is 3.24 Å². The molecule has 0 rings (SSSR count). The Hall–Kier alpha value is 0.394. The van der Waals surface area contributed by atoms with Gasteiger partial charge in [0.2, 0.25) is 0 Å². The molecule has 0 aliphatic carbocycles. The van der Waals surface area contributed by atoms with Gasteiger partial charge in [-0.2, -0.15) is 0 Å². The Balaban J connectivity index is 3.88. The first-order valence-corrected chi connectivity index (χ1v) is 5.57. The lowest BCUT2D eigenvalue weighted by Crippen LogP contribution is -2.39. The van der Waals surface area contributed by atoms with Gasteiger partial charge in [0.1, 0.15) is 8.96 Å². The average Bonchev–Trinajstić information content (AvgIpc) is 1.62. The van der Waals surface area contributed by atoms with E-state index in [1.165, 1.54) is 0 Å². The molecule has 0 fully saturated rings. The Bertz CT molecular complexity index is 85.5. The third-order valence-corrected chi connectivity index (χ3v) is 5.81. The van der Waals surface area contributed by atoms with E-state index in [2.05, 4.69) is 49.3 Å². The summed E-state index contributed by atoms with van der Waals surface area (Å²) in [5, 5.41) is 0. The Morgan fingerprint density at radius 1 is 1.33 bits per heavy atom. The van der Waals surface area contributed by atoms with Crippen LogP contribution in [-0.4, -0.2) is 37.9 Å². The van der Waals surface area contributed by atoms with Gasteiger partial charge in [-0.1, -0.05) is 20.4 Å². The van der Waals surface area contributed by atoms with Crippen molar-refractivity contribution >= 4 is 19.2 Å². The van der Waals surface area contributed by atoms with E-state index < -0.39 is 0 Å². The Labute approximate surface area is 63.6 Å². The first kappa shape index (κ1) is 9.39. The lowest BCUT2D eigenvalue weighted by Gasteiger charge is -2.30. The second-order valence-electron chi connectivity index (χ2n) is 3.10. The van der Waals surface area contributed by atoms with Gasteiger partial charge in [0.25, 0.3) is 0 Å². The molecule has 0 aromatic rings. The first-order chi connectivity index (χ1) is 3.85. The molecule has 0 saturated heterocycles. The van der Waals surface area contributed by atoms with Crippen LogP contribution in [0.25, 0.3) is 0 Å². The zero-order valence-electron chi connectivity index (χ0n) is 6.95. The highest BCUT2D eigenvalue weighted by Crippen LogP contribution is 2.22. The molecule has 4 radical (unpaired) electrons. The molecule has 0 N–H and O–H groups in total. The van der Waals surface area contributed by atoms with Gasteiger partial charge in [0.15, 0.2) is 0 Å². The molecular weight excluding hydrogens is 142 g/mol. The Morgan fingerprint density at radius 3 is 1.67 bits per heavy atom. The van der Waals surface area contributed by atoms with E-state index in [1.807, 2.05) is 0 Å². The van der Waals surface area contributed by atoms with Crippen LogP contribution in [0.1, 0.15) is 13.8 Å². The highest BCUT2D eigenvalue weighted by Gasteiger charge is 2.23. The van der Waals surface area contributed by atoms with Crippen molar-refractivity contribution in [2.24, 2.45) is 0 Å². The largest absolute Gasteiger partial charge is 0.330 e. The maximum Gasteiger partial charge on any atom is 0.135 e. The van der Waals surface area contributed by atoms with Crippen molar-refractivity contribution in [3.05, 3.63) is 0 Å². The molecule has 0 unspecified atom stereocenters. The van der Waals surface area contributed by atoms with Gasteiger partial charge in [-0.3, -0.25) is 0 Å². The SMILES string of the molecule is CN(C)[Si](C)C(C)(C)[Si]. The summed E-state index contributed by atoms with van der Waals surface area (Å²) in [5.74, 6) is 0. The number of hydrogen-bond acceptors (Lipinski definition) is 1. The van der Waals surface area contributed by atoms with E-state index in [4.69, 9.17) is 0 Å². The quantitative estimate of drug-likeness (QED) is 0.542. The molecule has 0 aromatic carbocycles. The minimum Gasteiger partial charge on any atom is -0.330 e. The van der Waals surface area contributed by atoms with Gasteiger partial charge in [-0.15, -0.1) is 0 Å². The zero-order valence-corrected chi connectivity index (χ0v) is 8.95. The molecule has 0 aromatic heterocycles. The molecule has 0 bridgehead atoms. The summed E-state index contributed by atoms with van der Waals surface area (Å²) >= 11 is 0. The summed E-state index contributed by atoms with van der Waals surface area (Å²) in [4.78, 5) is 0.